The molecule has 0 spiro atoms. The smallest absolute Gasteiger partial charge is 0.255 e. The minimum absolute atomic E-state index is 0.0155. The first kappa shape index (κ1) is 19.0. The third-order valence-corrected chi connectivity index (χ3v) is 7.11. The van der Waals surface area contributed by atoms with Crippen LogP contribution < -0.4 is 5.32 Å². The Morgan fingerprint density at radius 2 is 1.96 bits per heavy atom. The Morgan fingerprint density at radius 3 is 2.65 bits per heavy atom. The summed E-state index contributed by atoms with van der Waals surface area (Å²) in [5.41, 5.74) is 0.761. The van der Waals surface area contributed by atoms with Crippen LogP contribution in [-0.4, -0.2) is 48.2 Å². The van der Waals surface area contributed by atoms with Crippen LogP contribution in [0.25, 0.3) is 0 Å². The predicted octanol–water partition coefficient (Wildman–Crippen LogP) is 1.40. The fourth-order valence-corrected chi connectivity index (χ4v) is 5.38. The normalized spacial score (nSPS) is 20.3. The standard InChI is InChI=1S/C17H19BrN2O5S/c18-8-1-2-9-26(24,25)14-5-3-4-11-12(14)10-20(17(11)23)13-6-7-15(21)19-16(13)22/h3-5,13H,1-2,6-10H2,(H,19,21,22). The highest BCUT2D eigenvalue weighted by atomic mass is 79.9. The molecule has 0 aromatic heterocycles. The first-order valence-corrected chi connectivity index (χ1v) is 11.2. The third kappa shape index (κ3) is 3.55. The number of hydrogen-bond acceptors (Lipinski definition) is 5. The molecule has 1 fully saturated rings. The highest BCUT2D eigenvalue weighted by Crippen LogP contribution is 2.32. The Balaban J connectivity index is 1.88. The van der Waals surface area contributed by atoms with Crippen LogP contribution in [0.5, 0.6) is 0 Å². The second kappa shape index (κ2) is 7.48. The summed E-state index contributed by atoms with van der Waals surface area (Å²) in [6.45, 7) is 0.0638. The van der Waals surface area contributed by atoms with Crippen molar-refractivity contribution in [1.29, 1.82) is 0 Å². The first-order valence-electron chi connectivity index (χ1n) is 8.40. The van der Waals surface area contributed by atoms with Crippen molar-refractivity contribution in [2.75, 3.05) is 11.1 Å². The molecule has 1 aromatic rings. The van der Waals surface area contributed by atoms with Crippen molar-refractivity contribution in [1.82, 2.24) is 10.2 Å². The van der Waals surface area contributed by atoms with Gasteiger partial charge in [0.1, 0.15) is 6.04 Å². The number of amides is 3. The third-order valence-electron chi connectivity index (χ3n) is 4.67. The van der Waals surface area contributed by atoms with Crippen LogP contribution in [0.1, 0.15) is 41.6 Å². The Bertz CT molecular complexity index is 868. The lowest BCUT2D eigenvalue weighted by atomic mass is 10.0. The van der Waals surface area contributed by atoms with Gasteiger partial charge in [-0.25, -0.2) is 8.42 Å². The monoisotopic (exact) mass is 442 g/mol. The van der Waals surface area contributed by atoms with Crippen LogP contribution in [0.15, 0.2) is 23.1 Å². The van der Waals surface area contributed by atoms with Gasteiger partial charge in [-0.15, -0.1) is 0 Å². The number of benzene rings is 1. The number of piperidine rings is 1. The molecule has 2 aliphatic rings. The summed E-state index contributed by atoms with van der Waals surface area (Å²) in [6, 6.07) is 3.91. The lowest BCUT2D eigenvalue weighted by Crippen LogP contribution is -2.52. The van der Waals surface area contributed by atoms with Gasteiger partial charge in [0.05, 0.1) is 10.6 Å². The van der Waals surface area contributed by atoms with E-state index in [4.69, 9.17) is 0 Å². The maximum Gasteiger partial charge on any atom is 0.255 e. The van der Waals surface area contributed by atoms with E-state index in [-0.39, 0.29) is 41.8 Å². The molecule has 0 bridgehead atoms. The van der Waals surface area contributed by atoms with E-state index in [1.54, 1.807) is 12.1 Å². The molecule has 0 aliphatic carbocycles. The largest absolute Gasteiger partial charge is 0.322 e. The summed E-state index contributed by atoms with van der Waals surface area (Å²) < 4.78 is 25.4. The molecule has 3 amide bonds. The zero-order valence-corrected chi connectivity index (χ0v) is 16.4. The van der Waals surface area contributed by atoms with Crippen LogP contribution in [0.3, 0.4) is 0 Å². The minimum atomic E-state index is -3.51. The summed E-state index contributed by atoms with van der Waals surface area (Å²) in [5, 5.41) is 2.97. The van der Waals surface area contributed by atoms with Crippen LogP contribution in [0.2, 0.25) is 0 Å². The summed E-state index contributed by atoms with van der Waals surface area (Å²) in [6.07, 6.45) is 1.68. The van der Waals surface area contributed by atoms with E-state index in [0.29, 0.717) is 17.5 Å². The molecular weight excluding hydrogens is 424 g/mol. The number of rotatable bonds is 6. The van der Waals surface area contributed by atoms with Crippen molar-refractivity contribution >= 4 is 43.5 Å². The molecule has 26 heavy (non-hydrogen) atoms. The van der Waals surface area contributed by atoms with Crippen molar-refractivity contribution in [3.05, 3.63) is 29.3 Å². The number of imide groups is 1. The van der Waals surface area contributed by atoms with E-state index in [0.717, 1.165) is 11.8 Å². The predicted molar refractivity (Wildman–Crippen MR) is 97.6 cm³/mol. The number of alkyl halides is 1. The molecule has 140 valence electrons. The summed E-state index contributed by atoms with van der Waals surface area (Å²) in [5.74, 6) is -1.22. The summed E-state index contributed by atoms with van der Waals surface area (Å²) >= 11 is 3.28. The Labute approximate surface area is 160 Å². The highest BCUT2D eigenvalue weighted by Gasteiger charge is 2.40. The van der Waals surface area contributed by atoms with Crippen molar-refractivity contribution in [2.24, 2.45) is 0 Å². The molecule has 1 N–H and O–H groups in total. The SMILES string of the molecule is O=C1CCC(N2Cc3c(cccc3S(=O)(=O)CCCCBr)C2=O)C(=O)N1. The Hall–Kier alpha value is -1.74. The molecule has 0 saturated carbocycles. The van der Waals surface area contributed by atoms with Gasteiger partial charge in [-0.2, -0.15) is 0 Å². The van der Waals surface area contributed by atoms with E-state index in [2.05, 4.69) is 21.2 Å². The van der Waals surface area contributed by atoms with E-state index in [1.165, 1.54) is 11.0 Å². The summed E-state index contributed by atoms with van der Waals surface area (Å²) in [4.78, 5) is 37.7. The van der Waals surface area contributed by atoms with Gasteiger partial charge >= 0.3 is 0 Å². The first-order chi connectivity index (χ1) is 12.3. The van der Waals surface area contributed by atoms with Gasteiger partial charge in [0, 0.05) is 29.4 Å². The van der Waals surface area contributed by atoms with Gasteiger partial charge in [0.25, 0.3) is 5.91 Å². The van der Waals surface area contributed by atoms with Gasteiger partial charge in [0.15, 0.2) is 9.84 Å². The van der Waals surface area contributed by atoms with Crippen molar-refractivity contribution in [3.63, 3.8) is 0 Å². The number of unbranched alkanes of at least 4 members (excludes halogenated alkanes) is 1. The molecular formula is C17H19BrN2O5S. The number of nitrogens with one attached hydrogen (secondary N) is 1. The van der Waals surface area contributed by atoms with Crippen LogP contribution in [-0.2, 0) is 26.0 Å². The van der Waals surface area contributed by atoms with Crippen LogP contribution >= 0.6 is 15.9 Å². The Kier molecular flexibility index (Phi) is 5.47. The van der Waals surface area contributed by atoms with E-state index < -0.39 is 21.8 Å². The molecule has 0 radical (unpaired) electrons. The van der Waals surface area contributed by atoms with E-state index in [9.17, 15) is 22.8 Å². The fraction of sp³-hybridized carbons (Fsp3) is 0.471. The lowest BCUT2D eigenvalue weighted by Gasteiger charge is -2.29. The molecule has 3 rings (SSSR count). The fourth-order valence-electron chi connectivity index (χ4n) is 3.35. The summed E-state index contributed by atoms with van der Waals surface area (Å²) in [7, 11) is -3.51. The van der Waals surface area contributed by atoms with Gasteiger partial charge in [0.2, 0.25) is 11.8 Å². The quantitative estimate of drug-likeness (QED) is 0.407. The molecule has 9 heteroatoms. The number of carbonyl (C=O) groups is 3. The van der Waals surface area contributed by atoms with Gasteiger partial charge < -0.3 is 4.90 Å². The zero-order valence-electron chi connectivity index (χ0n) is 14.0. The molecule has 1 saturated heterocycles. The number of nitrogens with zero attached hydrogens (tertiary/aromatic N) is 1. The second-order valence-electron chi connectivity index (χ2n) is 6.40. The van der Waals surface area contributed by atoms with Gasteiger partial charge in [-0.05, 0) is 31.4 Å². The molecule has 7 nitrogen and oxygen atoms in total. The van der Waals surface area contributed by atoms with E-state index in [1.807, 2.05) is 0 Å². The minimum Gasteiger partial charge on any atom is -0.322 e. The maximum atomic E-state index is 12.7. The van der Waals surface area contributed by atoms with Crippen molar-refractivity contribution in [2.45, 2.75) is 43.2 Å². The van der Waals surface area contributed by atoms with Gasteiger partial charge in [-0.3, -0.25) is 19.7 Å². The topological polar surface area (TPSA) is 101 Å². The Morgan fingerprint density at radius 1 is 1.19 bits per heavy atom. The van der Waals surface area contributed by atoms with Crippen molar-refractivity contribution in [3.8, 4) is 0 Å². The molecule has 2 aliphatic heterocycles. The highest BCUT2D eigenvalue weighted by molar-refractivity contribution is 9.09. The van der Waals surface area contributed by atoms with Crippen molar-refractivity contribution < 1.29 is 22.8 Å². The average Bonchev–Trinajstić information content (AvgIpc) is 2.92. The maximum absolute atomic E-state index is 12.7. The average molecular weight is 443 g/mol. The zero-order chi connectivity index (χ0) is 18.9. The molecule has 1 aromatic carbocycles. The molecule has 2 heterocycles. The number of carbonyl (C=O) groups excluding carboxylic acids is 3. The molecule has 1 unspecified atom stereocenters. The molecule has 1 atom stereocenters. The number of hydrogen-bond donors (Lipinski definition) is 1. The number of sulfone groups is 1. The van der Waals surface area contributed by atoms with Crippen LogP contribution in [0, 0.1) is 0 Å². The lowest BCUT2D eigenvalue weighted by molar-refractivity contribution is -0.136. The van der Waals surface area contributed by atoms with E-state index >= 15 is 0 Å². The number of halogens is 1. The number of fused-ring (bicyclic) bond motifs is 1. The van der Waals surface area contributed by atoms with Crippen LogP contribution in [0.4, 0.5) is 0 Å². The second-order valence-corrected chi connectivity index (χ2v) is 9.27. The van der Waals surface area contributed by atoms with Gasteiger partial charge in [-0.1, -0.05) is 22.0 Å².